The fourth-order valence-electron chi connectivity index (χ4n) is 3.42. The summed E-state index contributed by atoms with van der Waals surface area (Å²) in [5, 5.41) is 9.54. The molecule has 0 aliphatic rings. The molecule has 0 saturated heterocycles. The Morgan fingerprint density at radius 3 is 2.21 bits per heavy atom. The van der Waals surface area contributed by atoms with E-state index in [4.69, 9.17) is 18.9 Å². The van der Waals surface area contributed by atoms with Crippen LogP contribution >= 0.6 is 0 Å². The van der Waals surface area contributed by atoms with Gasteiger partial charge in [0.25, 0.3) is 5.91 Å². The molecule has 0 N–H and O–H groups in total. The van der Waals surface area contributed by atoms with E-state index in [9.17, 15) is 14.9 Å². The Balaban J connectivity index is 2.15. The second-order valence-electron chi connectivity index (χ2n) is 7.47. The highest BCUT2D eigenvalue weighted by molar-refractivity contribution is 5.99. The van der Waals surface area contributed by atoms with E-state index >= 15 is 0 Å². The highest BCUT2D eigenvalue weighted by Gasteiger charge is 2.19. The number of hydrogen-bond donors (Lipinski definition) is 0. The molecular formula is C25H31N3O6. The van der Waals surface area contributed by atoms with E-state index in [2.05, 4.69) is 0 Å². The highest BCUT2D eigenvalue weighted by atomic mass is 16.5. The van der Waals surface area contributed by atoms with Crippen LogP contribution in [-0.2, 0) is 23.8 Å². The Morgan fingerprint density at radius 2 is 1.68 bits per heavy atom. The highest BCUT2D eigenvalue weighted by Crippen LogP contribution is 2.24. The van der Waals surface area contributed by atoms with Gasteiger partial charge >= 0.3 is 5.97 Å². The molecule has 0 aliphatic heterocycles. The number of carbonyl (C=O) groups is 2. The molecule has 34 heavy (non-hydrogen) atoms. The number of nitrogens with zero attached hydrogens (tertiary/aromatic N) is 3. The van der Waals surface area contributed by atoms with Crippen molar-refractivity contribution in [2.75, 3.05) is 54.2 Å². The predicted octanol–water partition coefficient (Wildman–Crippen LogP) is 2.67. The van der Waals surface area contributed by atoms with Gasteiger partial charge in [0.2, 0.25) is 0 Å². The molecule has 1 amide bonds. The topological polar surface area (TPSA) is 103 Å². The van der Waals surface area contributed by atoms with Gasteiger partial charge in [-0.25, -0.2) is 4.79 Å². The summed E-state index contributed by atoms with van der Waals surface area (Å²) in [4.78, 5) is 26.5. The zero-order valence-electron chi connectivity index (χ0n) is 20.3. The Hall–Kier alpha value is -3.61. The quantitative estimate of drug-likeness (QED) is 0.267. The molecule has 2 aromatic rings. The summed E-state index contributed by atoms with van der Waals surface area (Å²) in [6.07, 6.45) is 1.47. The third-order valence-corrected chi connectivity index (χ3v) is 5.25. The lowest BCUT2D eigenvalue weighted by Crippen LogP contribution is -2.39. The number of aromatic nitrogens is 1. The fraction of sp³-hybridized carbons (Fsp3) is 0.400. The van der Waals surface area contributed by atoms with Crippen LogP contribution in [0.2, 0.25) is 0 Å². The number of benzene rings is 1. The van der Waals surface area contributed by atoms with Crippen LogP contribution in [0.25, 0.3) is 11.8 Å². The van der Waals surface area contributed by atoms with Crippen molar-refractivity contribution in [1.29, 1.82) is 5.26 Å². The van der Waals surface area contributed by atoms with E-state index < -0.39 is 18.5 Å². The summed E-state index contributed by atoms with van der Waals surface area (Å²) in [5.41, 5.74) is 3.22. The summed E-state index contributed by atoms with van der Waals surface area (Å²) in [5.74, 6) is -0.501. The van der Waals surface area contributed by atoms with E-state index in [1.165, 1.54) is 25.2 Å². The van der Waals surface area contributed by atoms with Gasteiger partial charge < -0.3 is 28.4 Å². The number of esters is 1. The molecular weight excluding hydrogens is 438 g/mol. The molecule has 0 aliphatic carbocycles. The van der Waals surface area contributed by atoms with Crippen LogP contribution < -0.4 is 4.74 Å². The Labute approximate surface area is 200 Å². The maximum atomic E-state index is 12.5. The zero-order chi connectivity index (χ0) is 25.1. The third-order valence-electron chi connectivity index (χ3n) is 5.25. The van der Waals surface area contributed by atoms with E-state index in [0.717, 1.165) is 22.8 Å². The second-order valence-corrected chi connectivity index (χ2v) is 7.47. The van der Waals surface area contributed by atoms with Crippen molar-refractivity contribution in [2.24, 2.45) is 0 Å². The largest absolute Gasteiger partial charge is 0.497 e. The summed E-state index contributed by atoms with van der Waals surface area (Å²) in [6, 6.07) is 11.3. The van der Waals surface area contributed by atoms with Gasteiger partial charge in [-0.3, -0.25) is 4.79 Å². The molecule has 182 valence electrons. The van der Waals surface area contributed by atoms with Crippen molar-refractivity contribution < 1.29 is 28.5 Å². The number of carbonyl (C=O) groups excluding carboxylic acids is 2. The number of hydrogen-bond acceptors (Lipinski definition) is 7. The van der Waals surface area contributed by atoms with Crippen LogP contribution in [0, 0.1) is 25.2 Å². The minimum Gasteiger partial charge on any atom is -0.497 e. The Bertz CT molecular complexity index is 1040. The van der Waals surface area contributed by atoms with Crippen LogP contribution in [0.1, 0.15) is 17.0 Å². The van der Waals surface area contributed by atoms with Gasteiger partial charge in [0.05, 0.1) is 20.3 Å². The first kappa shape index (κ1) is 26.6. The summed E-state index contributed by atoms with van der Waals surface area (Å²) in [6.45, 7) is 4.73. The predicted molar refractivity (Wildman–Crippen MR) is 127 cm³/mol. The van der Waals surface area contributed by atoms with Crippen LogP contribution in [0.4, 0.5) is 0 Å². The third kappa shape index (κ3) is 6.94. The van der Waals surface area contributed by atoms with Gasteiger partial charge in [0, 0.05) is 44.4 Å². The van der Waals surface area contributed by atoms with E-state index in [1.807, 2.05) is 54.8 Å². The molecule has 0 bridgehead atoms. The van der Waals surface area contributed by atoms with Crippen molar-refractivity contribution in [3.05, 3.63) is 52.9 Å². The molecule has 0 spiro atoms. The number of rotatable bonds is 12. The first-order valence-corrected chi connectivity index (χ1v) is 10.7. The van der Waals surface area contributed by atoms with Crippen molar-refractivity contribution in [2.45, 2.75) is 13.8 Å². The molecule has 1 heterocycles. The van der Waals surface area contributed by atoms with Gasteiger partial charge in [-0.1, -0.05) is 0 Å². The van der Waals surface area contributed by atoms with Crippen LogP contribution in [0.15, 0.2) is 35.9 Å². The van der Waals surface area contributed by atoms with Crippen molar-refractivity contribution in [3.63, 3.8) is 0 Å². The maximum absolute atomic E-state index is 12.5. The summed E-state index contributed by atoms with van der Waals surface area (Å²) in [7, 11) is 4.68. The van der Waals surface area contributed by atoms with Gasteiger partial charge in [0.1, 0.15) is 17.4 Å². The molecule has 9 nitrogen and oxygen atoms in total. The van der Waals surface area contributed by atoms with Gasteiger partial charge in [-0.15, -0.1) is 0 Å². The molecule has 0 saturated carbocycles. The van der Waals surface area contributed by atoms with Crippen LogP contribution in [0.3, 0.4) is 0 Å². The minimum atomic E-state index is -0.858. The van der Waals surface area contributed by atoms with Crippen LogP contribution in [-0.4, -0.2) is 75.6 Å². The molecule has 0 fully saturated rings. The van der Waals surface area contributed by atoms with Gasteiger partial charge in [-0.2, -0.15) is 5.26 Å². The number of nitriles is 1. The summed E-state index contributed by atoms with van der Waals surface area (Å²) >= 11 is 0. The molecule has 9 heteroatoms. The molecule has 0 unspecified atom stereocenters. The number of methoxy groups -OCH3 is 3. The maximum Gasteiger partial charge on any atom is 0.349 e. The van der Waals surface area contributed by atoms with Gasteiger partial charge in [0.15, 0.2) is 6.61 Å². The lowest BCUT2D eigenvalue weighted by molar-refractivity contribution is -0.149. The van der Waals surface area contributed by atoms with Gasteiger partial charge in [-0.05, 0) is 55.8 Å². The lowest BCUT2D eigenvalue weighted by atomic mass is 10.1. The zero-order valence-corrected chi connectivity index (χ0v) is 20.3. The minimum absolute atomic E-state index is 0.192. The number of ether oxygens (including phenoxy) is 4. The monoisotopic (exact) mass is 469 g/mol. The second kappa shape index (κ2) is 13.2. The van der Waals surface area contributed by atoms with Crippen molar-refractivity contribution in [1.82, 2.24) is 9.47 Å². The molecule has 1 aromatic heterocycles. The number of amides is 1. The smallest absolute Gasteiger partial charge is 0.349 e. The average molecular weight is 470 g/mol. The van der Waals surface area contributed by atoms with Crippen molar-refractivity contribution in [3.8, 4) is 17.5 Å². The first-order valence-electron chi connectivity index (χ1n) is 10.7. The first-order chi connectivity index (χ1) is 16.4. The average Bonchev–Trinajstić information content (AvgIpc) is 3.13. The standard InChI is InChI=1S/C25H31N3O6/c1-18-14-20(19(2)28(18)22-6-8-23(33-5)9-7-22)15-21(16-26)25(30)34-17-24(29)27(10-12-31-3)11-13-32-4/h6-9,14-15H,10-13,17H2,1-5H3/b21-15+. The molecule has 1 aromatic carbocycles. The van der Waals surface area contributed by atoms with E-state index in [0.29, 0.717) is 31.9 Å². The molecule has 2 rings (SSSR count). The van der Waals surface area contributed by atoms with E-state index in [1.54, 1.807) is 7.11 Å². The number of aryl methyl sites for hydroxylation is 1. The van der Waals surface area contributed by atoms with Crippen LogP contribution in [0.5, 0.6) is 5.75 Å². The normalized spacial score (nSPS) is 11.1. The fourth-order valence-corrected chi connectivity index (χ4v) is 3.42. The van der Waals surface area contributed by atoms with Crippen molar-refractivity contribution >= 4 is 18.0 Å². The molecule has 0 atom stereocenters. The lowest BCUT2D eigenvalue weighted by Gasteiger charge is -2.21. The Kier molecular flexibility index (Phi) is 10.3. The summed E-state index contributed by atoms with van der Waals surface area (Å²) < 4.78 is 22.4. The van der Waals surface area contributed by atoms with E-state index in [-0.39, 0.29) is 5.57 Å². The Morgan fingerprint density at radius 1 is 1.06 bits per heavy atom. The molecule has 0 radical (unpaired) electrons. The SMILES string of the molecule is COCCN(CCOC)C(=O)COC(=O)/C(C#N)=C/c1cc(C)n(-c2ccc(OC)cc2)c1C.